The second-order valence-electron chi connectivity index (χ2n) is 4.10. The van der Waals surface area contributed by atoms with Gasteiger partial charge < -0.3 is 5.32 Å². The Morgan fingerprint density at radius 3 is 3.15 bits per heavy atom. The van der Waals surface area contributed by atoms with Gasteiger partial charge in [0.2, 0.25) is 11.7 Å². The number of amides is 1. The molecule has 3 heterocycles. The maximum Gasteiger partial charge on any atom is 0.249 e. The van der Waals surface area contributed by atoms with Crippen LogP contribution >= 0.6 is 11.3 Å². The van der Waals surface area contributed by atoms with Crippen molar-refractivity contribution in [3.05, 3.63) is 29.3 Å². The predicted molar refractivity (Wildman–Crippen MR) is 73.1 cm³/mol. The van der Waals surface area contributed by atoms with Crippen molar-refractivity contribution in [2.24, 2.45) is 0 Å². The van der Waals surface area contributed by atoms with E-state index in [-0.39, 0.29) is 12.5 Å². The van der Waals surface area contributed by atoms with E-state index in [4.69, 9.17) is 0 Å². The number of aryl methyl sites for hydroxylation is 1. The highest BCUT2D eigenvalue weighted by Gasteiger charge is 2.11. The highest BCUT2D eigenvalue weighted by molar-refractivity contribution is 7.13. The minimum Gasteiger partial charge on any atom is -0.309 e. The maximum absolute atomic E-state index is 11.8. The quantitative estimate of drug-likeness (QED) is 0.748. The van der Waals surface area contributed by atoms with Crippen LogP contribution in [0.1, 0.15) is 5.56 Å². The molecule has 0 radical (unpaired) electrons. The van der Waals surface area contributed by atoms with Gasteiger partial charge in [-0.05, 0) is 23.6 Å². The standard InChI is InChI=1S/C11H11N7OS/c1-7-5-12-14-10(7)13-9(19)6-18-16-11(15-17-18)8-3-2-4-20-8/h2-5H,6H2,1H3,(H2,12,13,14,19). The number of aromatic nitrogens is 6. The maximum atomic E-state index is 11.8. The van der Waals surface area contributed by atoms with Crippen LogP contribution in [-0.2, 0) is 11.3 Å². The SMILES string of the molecule is Cc1cn[nH]c1NC(=O)Cn1nnc(-c2cccs2)n1. The van der Waals surface area contributed by atoms with Crippen LogP contribution in [0.2, 0.25) is 0 Å². The molecule has 0 bridgehead atoms. The molecular formula is C11H11N7OS. The van der Waals surface area contributed by atoms with Gasteiger partial charge in [-0.15, -0.1) is 21.5 Å². The first-order valence-electron chi connectivity index (χ1n) is 5.84. The van der Waals surface area contributed by atoms with Crippen molar-refractivity contribution in [2.75, 3.05) is 5.32 Å². The van der Waals surface area contributed by atoms with E-state index >= 15 is 0 Å². The van der Waals surface area contributed by atoms with E-state index in [9.17, 15) is 4.79 Å². The number of hydrogen-bond acceptors (Lipinski definition) is 6. The van der Waals surface area contributed by atoms with Crippen LogP contribution in [0.3, 0.4) is 0 Å². The third kappa shape index (κ3) is 2.57. The van der Waals surface area contributed by atoms with Gasteiger partial charge in [-0.25, -0.2) is 0 Å². The summed E-state index contributed by atoms with van der Waals surface area (Å²) in [6.45, 7) is 1.85. The average Bonchev–Trinajstić information content (AvgIpc) is 3.12. The molecule has 0 aliphatic heterocycles. The molecule has 3 aromatic rings. The van der Waals surface area contributed by atoms with E-state index in [2.05, 4.69) is 30.9 Å². The molecule has 0 aromatic carbocycles. The molecule has 0 saturated carbocycles. The average molecular weight is 289 g/mol. The van der Waals surface area contributed by atoms with Crippen LogP contribution in [-0.4, -0.2) is 36.3 Å². The zero-order chi connectivity index (χ0) is 13.9. The first-order valence-corrected chi connectivity index (χ1v) is 6.72. The van der Waals surface area contributed by atoms with Crippen molar-refractivity contribution in [3.63, 3.8) is 0 Å². The topological polar surface area (TPSA) is 101 Å². The van der Waals surface area contributed by atoms with Crippen LogP contribution < -0.4 is 5.32 Å². The summed E-state index contributed by atoms with van der Waals surface area (Å²) in [6.07, 6.45) is 1.64. The van der Waals surface area contributed by atoms with Crippen LogP contribution in [0.5, 0.6) is 0 Å². The Labute approximate surface area is 117 Å². The van der Waals surface area contributed by atoms with E-state index in [1.54, 1.807) is 6.20 Å². The summed E-state index contributed by atoms with van der Waals surface area (Å²) < 4.78 is 0. The summed E-state index contributed by atoms with van der Waals surface area (Å²) >= 11 is 1.52. The molecular weight excluding hydrogens is 278 g/mol. The lowest BCUT2D eigenvalue weighted by Gasteiger charge is -2.02. The van der Waals surface area contributed by atoms with Gasteiger partial charge in [0.05, 0.1) is 11.1 Å². The first kappa shape index (κ1) is 12.5. The summed E-state index contributed by atoms with van der Waals surface area (Å²) in [6, 6.07) is 3.81. The van der Waals surface area contributed by atoms with Crippen LogP contribution in [0.4, 0.5) is 5.82 Å². The number of nitrogens with one attached hydrogen (secondary N) is 2. The van der Waals surface area contributed by atoms with Gasteiger partial charge in [0.15, 0.2) is 0 Å². The molecule has 9 heteroatoms. The number of anilines is 1. The number of thiophene rings is 1. The van der Waals surface area contributed by atoms with Gasteiger partial charge in [-0.2, -0.15) is 9.90 Å². The van der Waals surface area contributed by atoms with Gasteiger partial charge in [0.25, 0.3) is 0 Å². The Morgan fingerprint density at radius 1 is 1.55 bits per heavy atom. The molecule has 0 fully saturated rings. The summed E-state index contributed by atoms with van der Waals surface area (Å²) in [4.78, 5) is 14.0. The third-order valence-electron chi connectivity index (χ3n) is 2.57. The lowest BCUT2D eigenvalue weighted by atomic mass is 10.4. The number of aromatic amines is 1. The summed E-state index contributed by atoms with van der Waals surface area (Å²) in [7, 11) is 0. The second-order valence-corrected chi connectivity index (χ2v) is 5.04. The van der Waals surface area contributed by atoms with Crippen molar-refractivity contribution in [3.8, 4) is 10.7 Å². The lowest BCUT2D eigenvalue weighted by molar-refractivity contribution is -0.117. The first-order chi connectivity index (χ1) is 9.72. The highest BCUT2D eigenvalue weighted by atomic mass is 32.1. The summed E-state index contributed by atoms with van der Waals surface area (Å²) in [5.41, 5.74) is 0.865. The molecule has 1 amide bonds. The van der Waals surface area contributed by atoms with Crippen molar-refractivity contribution in [1.82, 2.24) is 30.4 Å². The number of carbonyl (C=O) groups excluding carboxylic acids is 1. The Balaban J connectivity index is 1.66. The molecule has 0 unspecified atom stereocenters. The van der Waals surface area contributed by atoms with E-state index in [0.717, 1.165) is 10.4 Å². The van der Waals surface area contributed by atoms with Crippen LogP contribution in [0, 0.1) is 6.92 Å². The number of tetrazole rings is 1. The fraction of sp³-hybridized carbons (Fsp3) is 0.182. The number of hydrogen-bond donors (Lipinski definition) is 2. The number of H-pyrrole nitrogens is 1. The van der Waals surface area contributed by atoms with Crippen LogP contribution in [0.15, 0.2) is 23.7 Å². The van der Waals surface area contributed by atoms with E-state index in [1.165, 1.54) is 16.1 Å². The lowest BCUT2D eigenvalue weighted by Crippen LogP contribution is -2.21. The van der Waals surface area contributed by atoms with Gasteiger partial charge >= 0.3 is 0 Å². The molecule has 0 aliphatic carbocycles. The van der Waals surface area contributed by atoms with Crippen molar-refractivity contribution in [1.29, 1.82) is 0 Å². The Kier molecular flexibility index (Phi) is 3.25. The minimum atomic E-state index is -0.243. The van der Waals surface area contributed by atoms with E-state index in [0.29, 0.717) is 11.6 Å². The Bertz CT molecular complexity index is 715. The van der Waals surface area contributed by atoms with Crippen LogP contribution in [0.25, 0.3) is 10.7 Å². The highest BCUT2D eigenvalue weighted by Crippen LogP contribution is 2.19. The molecule has 102 valence electrons. The number of carbonyl (C=O) groups is 1. The minimum absolute atomic E-state index is 0.00314. The smallest absolute Gasteiger partial charge is 0.249 e. The molecule has 0 atom stereocenters. The molecule has 20 heavy (non-hydrogen) atoms. The van der Waals surface area contributed by atoms with Crippen molar-refractivity contribution >= 4 is 23.1 Å². The molecule has 0 aliphatic rings. The van der Waals surface area contributed by atoms with Gasteiger partial charge in [-0.3, -0.25) is 9.89 Å². The molecule has 3 rings (SSSR count). The zero-order valence-corrected chi connectivity index (χ0v) is 11.4. The molecule has 0 saturated heterocycles. The van der Waals surface area contributed by atoms with Crippen molar-refractivity contribution < 1.29 is 4.79 Å². The number of nitrogens with zero attached hydrogens (tertiary/aromatic N) is 5. The molecule has 2 N–H and O–H groups in total. The normalized spacial score (nSPS) is 10.7. The van der Waals surface area contributed by atoms with Gasteiger partial charge in [-0.1, -0.05) is 6.07 Å². The van der Waals surface area contributed by atoms with Gasteiger partial charge in [0, 0.05) is 5.56 Å². The molecule has 0 spiro atoms. The fourth-order valence-corrected chi connectivity index (χ4v) is 2.24. The number of rotatable bonds is 4. The largest absolute Gasteiger partial charge is 0.309 e. The predicted octanol–water partition coefficient (Wildman–Crippen LogP) is 1.07. The van der Waals surface area contributed by atoms with Gasteiger partial charge in [0.1, 0.15) is 12.4 Å². The monoisotopic (exact) mass is 289 g/mol. The second kappa shape index (κ2) is 5.21. The zero-order valence-electron chi connectivity index (χ0n) is 10.6. The third-order valence-corrected chi connectivity index (χ3v) is 3.44. The summed E-state index contributed by atoms with van der Waals surface area (Å²) in [5.74, 6) is 0.853. The Morgan fingerprint density at radius 2 is 2.45 bits per heavy atom. The van der Waals surface area contributed by atoms with Crippen molar-refractivity contribution in [2.45, 2.75) is 13.5 Å². The van der Waals surface area contributed by atoms with E-state index < -0.39 is 0 Å². The Hall–Kier alpha value is -2.55. The molecule has 8 nitrogen and oxygen atoms in total. The summed E-state index contributed by atoms with van der Waals surface area (Å²) in [5, 5.41) is 23.1. The van der Waals surface area contributed by atoms with E-state index in [1.807, 2.05) is 24.4 Å². The fourth-order valence-electron chi connectivity index (χ4n) is 1.59. The molecule has 3 aromatic heterocycles.